The fourth-order valence-corrected chi connectivity index (χ4v) is 2.14. The van der Waals surface area contributed by atoms with Crippen molar-refractivity contribution >= 4 is 0 Å². The summed E-state index contributed by atoms with van der Waals surface area (Å²) in [5.41, 5.74) is 0.724. The van der Waals surface area contributed by atoms with Crippen LogP contribution in [-0.2, 0) is 11.3 Å². The largest absolute Gasteiger partial charge is 0.384 e. The number of ether oxygens (including phenoxy) is 1. The normalized spacial score (nSPS) is 15.7. The molecule has 0 saturated heterocycles. The molecule has 104 valence electrons. The molecule has 0 amide bonds. The highest BCUT2D eigenvalue weighted by Gasteiger charge is 2.34. The molecule has 1 heterocycles. The molecule has 1 N–H and O–H groups in total. The van der Waals surface area contributed by atoms with E-state index in [0.717, 1.165) is 18.7 Å². The fraction of sp³-hybridized carbons (Fsp3) is 0.786. The summed E-state index contributed by atoms with van der Waals surface area (Å²) in [6, 6.07) is 1.87. The third-order valence-corrected chi connectivity index (χ3v) is 2.97. The second-order valence-electron chi connectivity index (χ2n) is 5.67. The molecule has 0 aliphatic carbocycles. The van der Waals surface area contributed by atoms with Crippen molar-refractivity contribution in [3.8, 4) is 0 Å². The van der Waals surface area contributed by atoms with Crippen molar-refractivity contribution in [1.82, 2.24) is 9.78 Å². The molecule has 1 rings (SSSR count). The highest BCUT2D eigenvalue weighted by molar-refractivity contribution is 5.08. The van der Waals surface area contributed by atoms with Crippen molar-refractivity contribution in [2.45, 2.75) is 59.8 Å². The van der Waals surface area contributed by atoms with Gasteiger partial charge in [-0.3, -0.25) is 4.68 Å². The van der Waals surface area contributed by atoms with Crippen LogP contribution in [0.3, 0.4) is 0 Å². The summed E-state index contributed by atoms with van der Waals surface area (Å²) < 4.78 is 7.60. The van der Waals surface area contributed by atoms with Gasteiger partial charge in [-0.2, -0.15) is 5.10 Å². The number of nitrogens with zero attached hydrogens (tertiary/aromatic N) is 2. The Morgan fingerprint density at radius 3 is 2.56 bits per heavy atom. The van der Waals surface area contributed by atoms with E-state index in [4.69, 9.17) is 4.74 Å². The van der Waals surface area contributed by atoms with Gasteiger partial charge >= 0.3 is 0 Å². The zero-order chi connectivity index (χ0) is 13.8. The molecule has 0 aromatic carbocycles. The Morgan fingerprint density at radius 1 is 1.39 bits per heavy atom. The number of rotatable bonds is 6. The molecule has 0 radical (unpaired) electrons. The maximum absolute atomic E-state index is 10.6. The molecular formula is C14H26N2O2. The van der Waals surface area contributed by atoms with E-state index in [1.165, 1.54) is 0 Å². The predicted molar refractivity (Wildman–Crippen MR) is 72.3 cm³/mol. The molecular weight excluding hydrogens is 228 g/mol. The highest BCUT2D eigenvalue weighted by Crippen LogP contribution is 2.32. The van der Waals surface area contributed by atoms with E-state index in [1.54, 1.807) is 6.20 Å². The Hall–Kier alpha value is -0.870. The Labute approximate surface area is 110 Å². The second-order valence-corrected chi connectivity index (χ2v) is 5.67. The van der Waals surface area contributed by atoms with Crippen molar-refractivity contribution < 1.29 is 9.84 Å². The lowest BCUT2D eigenvalue weighted by atomic mass is 9.84. The summed E-state index contributed by atoms with van der Waals surface area (Å²) in [5.74, 6) is 0. The monoisotopic (exact) mass is 254 g/mol. The summed E-state index contributed by atoms with van der Waals surface area (Å²) >= 11 is 0. The Kier molecular flexibility index (Phi) is 5.35. The molecule has 0 fully saturated rings. The van der Waals surface area contributed by atoms with Crippen LogP contribution in [0.5, 0.6) is 0 Å². The van der Waals surface area contributed by atoms with Gasteiger partial charge in [0, 0.05) is 19.3 Å². The molecule has 0 aliphatic rings. The smallest absolute Gasteiger partial charge is 0.122 e. The van der Waals surface area contributed by atoms with Crippen molar-refractivity contribution in [1.29, 1.82) is 0 Å². The first-order valence-corrected chi connectivity index (χ1v) is 6.73. The molecule has 18 heavy (non-hydrogen) atoms. The van der Waals surface area contributed by atoms with Crippen molar-refractivity contribution in [2.75, 3.05) is 6.61 Å². The lowest BCUT2D eigenvalue weighted by Crippen LogP contribution is -2.36. The zero-order valence-electron chi connectivity index (χ0n) is 12.2. The van der Waals surface area contributed by atoms with Crippen LogP contribution in [0, 0.1) is 5.41 Å². The number of aryl methyl sites for hydroxylation is 1. The topological polar surface area (TPSA) is 47.3 Å². The first-order chi connectivity index (χ1) is 8.41. The molecule has 0 saturated carbocycles. The molecule has 4 heteroatoms. The van der Waals surface area contributed by atoms with Crippen LogP contribution >= 0.6 is 0 Å². The SMILES string of the molecule is CCCn1nccc1C(O)C(OCC)C(C)(C)C. The fourth-order valence-electron chi connectivity index (χ4n) is 2.14. The van der Waals surface area contributed by atoms with Crippen LogP contribution < -0.4 is 0 Å². The van der Waals surface area contributed by atoms with Crippen LogP contribution in [-0.4, -0.2) is 27.6 Å². The summed E-state index contributed by atoms with van der Waals surface area (Å²) in [5, 5.41) is 14.8. The van der Waals surface area contributed by atoms with E-state index < -0.39 is 6.10 Å². The van der Waals surface area contributed by atoms with Gasteiger partial charge in [0.25, 0.3) is 0 Å². The molecule has 0 aliphatic heterocycles. The van der Waals surface area contributed by atoms with Gasteiger partial charge in [0.2, 0.25) is 0 Å². The van der Waals surface area contributed by atoms with Gasteiger partial charge in [-0.15, -0.1) is 0 Å². The number of hydrogen-bond acceptors (Lipinski definition) is 3. The zero-order valence-corrected chi connectivity index (χ0v) is 12.2. The van der Waals surface area contributed by atoms with Crippen molar-refractivity contribution in [3.05, 3.63) is 18.0 Å². The van der Waals surface area contributed by atoms with Crippen LogP contribution in [0.1, 0.15) is 52.8 Å². The van der Waals surface area contributed by atoms with Gasteiger partial charge in [-0.1, -0.05) is 27.7 Å². The first-order valence-electron chi connectivity index (χ1n) is 6.73. The minimum atomic E-state index is -0.640. The number of aromatic nitrogens is 2. The second kappa shape index (κ2) is 6.34. The Morgan fingerprint density at radius 2 is 2.06 bits per heavy atom. The average molecular weight is 254 g/mol. The summed E-state index contributed by atoms with van der Waals surface area (Å²) in [4.78, 5) is 0. The third kappa shape index (κ3) is 3.56. The molecule has 2 unspecified atom stereocenters. The molecule has 2 atom stereocenters. The maximum Gasteiger partial charge on any atom is 0.122 e. The Bertz CT molecular complexity index is 355. The highest BCUT2D eigenvalue weighted by atomic mass is 16.5. The van der Waals surface area contributed by atoms with Crippen molar-refractivity contribution in [3.63, 3.8) is 0 Å². The number of hydrogen-bond donors (Lipinski definition) is 1. The average Bonchev–Trinajstić information content (AvgIpc) is 2.72. The van der Waals surface area contributed by atoms with Crippen molar-refractivity contribution in [2.24, 2.45) is 5.41 Å². The predicted octanol–water partition coefficient (Wildman–Crippen LogP) is 2.78. The van der Waals surface area contributed by atoms with E-state index in [0.29, 0.717) is 6.61 Å². The quantitative estimate of drug-likeness (QED) is 0.849. The Balaban J connectivity index is 2.94. The molecule has 0 bridgehead atoms. The lowest BCUT2D eigenvalue weighted by molar-refractivity contribution is -0.0926. The van der Waals surface area contributed by atoms with Gasteiger partial charge in [0.15, 0.2) is 0 Å². The van der Waals surface area contributed by atoms with E-state index in [2.05, 4.69) is 32.8 Å². The molecule has 0 spiro atoms. The maximum atomic E-state index is 10.6. The van der Waals surface area contributed by atoms with Crippen LogP contribution in [0.4, 0.5) is 0 Å². The van der Waals surface area contributed by atoms with Gasteiger partial charge in [-0.25, -0.2) is 0 Å². The minimum Gasteiger partial charge on any atom is -0.384 e. The standard InChI is InChI=1S/C14H26N2O2/c1-6-10-16-11(8-9-15-16)12(17)13(18-7-2)14(3,4)5/h8-9,12-13,17H,6-7,10H2,1-5H3. The number of aliphatic hydroxyl groups is 1. The van der Waals surface area contributed by atoms with Crippen LogP contribution in [0.2, 0.25) is 0 Å². The molecule has 1 aromatic heterocycles. The summed E-state index contributed by atoms with van der Waals surface area (Å²) in [6.07, 6.45) is 1.87. The number of aliphatic hydroxyl groups excluding tert-OH is 1. The van der Waals surface area contributed by atoms with E-state index in [-0.39, 0.29) is 11.5 Å². The van der Waals surface area contributed by atoms with E-state index >= 15 is 0 Å². The van der Waals surface area contributed by atoms with E-state index in [9.17, 15) is 5.11 Å². The van der Waals surface area contributed by atoms with Crippen LogP contribution in [0.15, 0.2) is 12.3 Å². The van der Waals surface area contributed by atoms with Gasteiger partial charge < -0.3 is 9.84 Å². The molecule has 1 aromatic rings. The van der Waals surface area contributed by atoms with Gasteiger partial charge in [-0.05, 0) is 24.8 Å². The summed E-state index contributed by atoms with van der Waals surface area (Å²) in [6.45, 7) is 11.7. The summed E-state index contributed by atoms with van der Waals surface area (Å²) in [7, 11) is 0. The third-order valence-electron chi connectivity index (χ3n) is 2.97. The molecule has 4 nitrogen and oxygen atoms in total. The first kappa shape index (κ1) is 15.2. The lowest BCUT2D eigenvalue weighted by Gasteiger charge is -2.34. The van der Waals surface area contributed by atoms with Crippen LogP contribution in [0.25, 0.3) is 0 Å². The minimum absolute atomic E-state index is 0.114. The van der Waals surface area contributed by atoms with E-state index in [1.807, 2.05) is 17.7 Å². The van der Waals surface area contributed by atoms with Gasteiger partial charge in [0.05, 0.1) is 11.8 Å². The van der Waals surface area contributed by atoms with Gasteiger partial charge in [0.1, 0.15) is 6.10 Å².